The SMILES string of the molecule is N=C(/C(F)=C(\[NH-])C(F)(F)F)C(F)(F)F.N=C(/C(F)=C(\[NH-])C(F)(F)F)C(F)(F)F.[Cu+2]. The van der Waals surface area contributed by atoms with Crippen LogP contribution in [0.5, 0.6) is 0 Å². The first-order valence-corrected chi connectivity index (χ1v) is 5.65. The molecule has 0 aromatic rings. The van der Waals surface area contributed by atoms with Gasteiger partial charge in [-0.3, -0.25) is 10.8 Å². The average Bonchev–Trinajstić information content (AvgIpc) is 2.47. The van der Waals surface area contributed by atoms with Crippen molar-refractivity contribution < 1.29 is 78.5 Å². The third-order valence-electron chi connectivity index (χ3n) is 2.01. The molecular weight excluding hydrogens is 506 g/mol. The van der Waals surface area contributed by atoms with Crippen LogP contribution in [0.1, 0.15) is 0 Å². The zero-order valence-electron chi connectivity index (χ0n) is 12.6. The van der Waals surface area contributed by atoms with Crippen LogP contribution >= 0.6 is 0 Å². The van der Waals surface area contributed by atoms with Crippen molar-refractivity contribution in [3.05, 3.63) is 34.5 Å². The molecule has 0 atom stereocenters. The second-order valence-electron chi connectivity index (χ2n) is 4.12. The molecule has 0 aromatic heterocycles. The van der Waals surface area contributed by atoms with Crippen LogP contribution in [0.4, 0.5) is 61.5 Å². The number of allylic oxidation sites excluding steroid dienone is 4. The normalized spacial score (nSPS) is 14.6. The Kier molecular flexibility index (Phi) is 11.1. The maximum atomic E-state index is 12.2. The molecule has 0 heterocycles. The van der Waals surface area contributed by atoms with Gasteiger partial charge < -0.3 is 11.5 Å². The summed E-state index contributed by atoms with van der Waals surface area (Å²) in [5.74, 6) is -5.88. The molecule has 29 heavy (non-hydrogen) atoms. The Morgan fingerprint density at radius 2 is 0.655 bits per heavy atom. The largest absolute Gasteiger partial charge is 2.00 e. The third kappa shape index (κ3) is 10.3. The molecule has 1 radical (unpaired) electrons. The zero-order chi connectivity index (χ0) is 23.5. The van der Waals surface area contributed by atoms with Crippen LogP contribution in [-0.4, -0.2) is 36.1 Å². The van der Waals surface area contributed by atoms with Gasteiger partial charge in [-0.25, -0.2) is 8.78 Å². The quantitative estimate of drug-likeness (QED) is 0.235. The first-order valence-electron chi connectivity index (χ1n) is 5.65. The molecule has 0 aliphatic rings. The Bertz CT molecular complexity index is 606. The summed E-state index contributed by atoms with van der Waals surface area (Å²) in [4.78, 5) is 0. The topological polar surface area (TPSA) is 95.3 Å². The first-order chi connectivity index (χ1) is 12.0. The van der Waals surface area contributed by atoms with E-state index < -0.39 is 59.2 Å². The van der Waals surface area contributed by atoms with Crippen LogP contribution in [-0.2, 0) is 17.1 Å². The van der Waals surface area contributed by atoms with Crippen molar-refractivity contribution in [3.63, 3.8) is 0 Å². The summed E-state index contributed by atoms with van der Waals surface area (Å²) in [6.45, 7) is 0. The molecule has 0 amide bonds. The Labute approximate surface area is 161 Å². The molecule has 0 aromatic carbocycles. The van der Waals surface area contributed by atoms with Gasteiger partial charge in [-0.1, -0.05) is 0 Å². The third-order valence-corrected chi connectivity index (χ3v) is 2.01. The molecule has 0 unspecified atom stereocenters. The maximum Gasteiger partial charge on any atom is 2.00 e. The van der Waals surface area contributed by atoms with E-state index in [-0.39, 0.29) is 17.1 Å². The Morgan fingerprint density at radius 3 is 0.759 bits per heavy atom. The second-order valence-corrected chi connectivity index (χ2v) is 4.12. The van der Waals surface area contributed by atoms with Gasteiger partial charge in [-0.2, -0.15) is 52.7 Å². The van der Waals surface area contributed by atoms with Crippen LogP contribution in [0.15, 0.2) is 23.0 Å². The summed E-state index contributed by atoms with van der Waals surface area (Å²) in [6.07, 6.45) is -22.2. The predicted molar refractivity (Wildman–Crippen MR) is 64.6 cm³/mol. The molecule has 0 fully saturated rings. The standard InChI is InChI=1S/2C5H2F7N2.Cu/c2*6-1(2(13)4(7,8)9)3(14)5(10,11)12;/h2*13-14H;/q2*-1;+2/b2*2-1+,14-3?;. The van der Waals surface area contributed by atoms with E-state index in [2.05, 4.69) is 0 Å². The number of halogens is 14. The van der Waals surface area contributed by atoms with Gasteiger partial charge in [0.1, 0.15) is 11.7 Å². The zero-order valence-corrected chi connectivity index (χ0v) is 13.5. The Hall–Kier alpha value is -2.04. The summed E-state index contributed by atoms with van der Waals surface area (Å²) >= 11 is 0. The molecule has 0 saturated carbocycles. The monoisotopic (exact) mass is 509 g/mol. The molecule has 0 spiro atoms. The van der Waals surface area contributed by atoms with Crippen molar-refractivity contribution in [3.8, 4) is 0 Å². The Morgan fingerprint density at radius 1 is 0.483 bits per heavy atom. The van der Waals surface area contributed by atoms with Crippen LogP contribution in [0.25, 0.3) is 11.5 Å². The minimum Gasteiger partial charge on any atom is -0.692 e. The molecule has 4 nitrogen and oxygen atoms in total. The van der Waals surface area contributed by atoms with Crippen LogP contribution < -0.4 is 0 Å². The summed E-state index contributed by atoms with van der Waals surface area (Å²) in [6, 6.07) is 0. The smallest absolute Gasteiger partial charge is 0.692 e. The van der Waals surface area contributed by atoms with Crippen LogP contribution in [0, 0.1) is 10.8 Å². The van der Waals surface area contributed by atoms with E-state index in [1.54, 1.807) is 0 Å². The fraction of sp³-hybridized carbons (Fsp3) is 0.400. The summed E-state index contributed by atoms with van der Waals surface area (Å²) in [7, 11) is 0. The fourth-order valence-corrected chi connectivity index (χ4v) is 0.748. The Balaban J connectivity index is -0.000000451. The molecular formula is C10H4CuF14N4. The van der Waals surface area contributed by atoms with Gasteiger partial charge in [0.2, 0.25) is 0 Å². The van der Waals surface area contributed by atoms with Crippen molar-refractivity contribution in [1.82, 2.24) is 0 Å². The van der Waals surface area contributed by atoms with Gasteiger partial charge in [0.05, 0.1) is 0 Å². The molecule has 0 bridgehead atoms. The number of nitrogens with one attached hydrogen (secondary N) is 4. The van der Waals surface area contributed by atoms with Crippen molar-refractivity contribution >= 4 is 11.4 Å². The van der Waals surface area contributed by atoms with Gasteiger partial charge in [0, 0.05) is 0 Å². The van der Waals surface area contributed by atoms with Gasteiger partial charge >= 0.3 is 41.8 Å². The number of alkyl halides is 12. The van der Waals surface area contributed by atoms with Crippen molar-refractivity contribution in [1.29, 1.82) is 10.8 Å². The number of hydrogen-bond acceptors (Lipinski definition) is 2. The molecule has 19 heteroatoms. The van der Waals surface area contributed by atoms with E-state index in [1.807, 2.05) is 0 Å². The van der Waals surface area contributed by atoms with Gasteiger partial charge in [0.25, 0.3) is 0 Å². The van der Waals surface area contributed by atoms with Crippen molar-refractivity contribution in [2.24, 2.45) is 0 Å². The van der Waals surface area contributed by atoms with Gasteiger partial charge in [0.15, 0.2) is 11.4 Å². The van der Waals surface area contributed by atoms with Gasteiger partial charge in [-0.05, 0) is 11.4 Å². The summed E-state index contributed by atoms with van der Waals surface area (Å²) in [5, 5.41) is 12.0. The molecule has 0 aliphatic heterocycles. The molecule has 0 saturated heterocycles. The van der Waals surface area contributed by atoms with Crippen LogP contribution in [0.2, 0.25) is 0 Å². The molecule has 4 N–H and O–H groups in total. The molecule has 0 aliphatic carbocycles. The summed E-state index contributed by atoms with van der Waals surface area (Å²) in [5.41, 5.74) is 0.679. The minimum atomic E-state index is -5.54. The van der Waals surface area contributed by atoms with Crippen molar-refractivity contribution in [2.45, 2.75) is 24.7 Å². The van der Waals surface area contributed by atoms with Crippen molar-refractivity contribution in [2.75, 3.05) is 0 Å². The van der Waals surface area contributed by atoms with Crippen LogP contribution in [0.3, 0.4) is 0 Å². The summed E-state index contributed by atoms with van der Waals surface area (Å²) < 4.78 is 162. The second kappa shape index (κ2) is 10.1. The molecule has 0 rings (SSSR count). The maximum absolute atomic E-state index is 12.2. The van der Waals surface area contributed by atoms with E-state index >= 15 is 0 Å². The fourth-order valence-electron chi connectivity index (χ4n) is 0.748. The average molecular weight is 510 g/mol. The van der Waals surface area contributed by atoms with E-state index in [1.165, 1.54) is 0 Å². The number of rotatable bonds is 2. The van der Waals surface area contributed by atoms with Gasteiger partial charge in [-0.15, -0.1) is 0 Å². The number of hydrogen-bond donors (Lipinski definition) is 2. The van der Waals surface area contributed by atoms with E-state index in [0.717, 1.165) is 0 Å². The van der Waals surface area contributed by atoms with E-state index in [0.29, 0.717) is 0 Å². The van der Waals surface area contributed by atoms with E-state index in [9.17, 15) is 61.5 Å². The van der Waals surface area contributed by atoms with E-state index in [4.69, 9.17) is 22.3 Å². The molecule has 173 valence electrons. The first kappa shape index (κ1) is 31.6. The predicted octanol–water partition coefficient (Wildman–Crippen LogP) is 6.73. The minimum absolute atomic E-state index is 0.